The van der Waals surface area contributed by atoms with Crippen molar-refractivity contribution in [2.75, 3.05) is 11.9 Å². The van der Waals surface area contributed by atoms with Crippen LogP contribution in [0.25, 0.3) is 10.2 Å². The van der Waals surface area contributed by atoms with Crippen LogP contribution in [0.1, 0.15) is 37.5 Å². The van der Waals surface area contributed by atoms with Crippen molar-refractivity contribution in [3.63, 3.8) is 0 Å². The molecular formula is C15H20BrN3S. The SMILES string of the molecule is CCc1cc2c(N(C)C3CCCCC3Br)ncnc2s1. The van der Waals surface area contributed by atoms with Gasteiger partial charge < -0.3 is 4.90 Å². The zero-order valence-electron chi connectivity index (χ0n) is 12.0. The van der Waals surface area contributed by atoms with Gasteiger partial charge in [0, 0.05) is 22.8 Å². The van der Waals surface area contributed by atoms with E-state index >= 15 is 0 Å². The molecule has 1 saturated carbocycles. The van der Waals surface area contributed by atoms with E-state index in [1.807, 2.05) is 0 Å². The molecule has 0 amide bonds. The predicted octanol–water partition coefficient (Wildman–Crippen LogP) is 4.40. The molecule has 3 nitrogen and oxygen atoms in total. The van der Waals surface area contributed by atoms with Crippen molar-refractivity contribution < 1.29 is 0 Å². The van der Waals surface area contributed by atoms with Gasteiger partial charge in [-0.05, 0) is 25.3 Å². The van der Waals surface area contributed by atoms with Crippen LogP contribution in [-0.2, 0) is 6.42 Å². The van der Waals surface area contributed by atoms with Crippen LogP contribution < -0.4 is 4.90 Å². The molecule has 0 aromatic carbocycles. The minimum atomic E-state index is 0.534. The molecule has 20 heavy (non-hydrogen) atoms. The van der Waals surface area contributed by atoms with Crippen LogP contribution in [-0.4, -0.2) is 27.9 Å². The summed E-state index contributed by atoms with van der Waals surface area (Å²) in [6.45, 7) is 2.19. The average molecular weight is 354 g/mol. The Morgan fingerprint density at radius 1 is 1.35 bits per heavy atom. The van der Waals surface area contributed by atoms with Crippen LogP contribution in [0, 0.1) is 0 Å². The summed E-state index contributed by atoms with van der Waals surface area (Å²) in [5.74, 6) is 1.09. The number of alkyl halides is 1. The maximum atomic E-state index is 4.56. The Morgan fingerprint density at radius 2 is 2.15 bits per heavy atom. The Balaban J connectivity index is 1.98. The van der Waals surface area contributed by atoms with Crippen LogP contribution in [0.4, 0.5) is 5.82 Å². The van der Waals surface area contributed by atoms with E-state index in [1.165, 1.54) is 35.9 Å². The maximum absolute atomic E-state index is 4.56. The zero-order chi connectivity index (χ0) is 14.1. The Kier molecular flexibility index (Phi) is 4.26. The molecule has 2 aromatic heterocycles. The third-order valence-corrected chi connectivity index (χ3v) is 6.44. The Morgan fingerprint density at radius 3 is 2.90 bits per heavy atom. The molecule has 0 radical (unpaired) electrons. The van der Waals surface area contributed by atoms with Crippen molar-refractivity contribution in [3.8, 4) is 0 Å². The lowest BCUT2D eigenvalue weighted by atomic mass is 9.94. The third kappa shape index (κ3) is 2.58. The summed E-state index contributed by atoms with van der Waals surface area (Å²) in [5, 5.41) is 1.21. The summed E-state index contributed by atoms with van der Waals surface area (Å²) in [6, 6.07) is 2.80. The van der Waals surface area contributed by atoms with Crippen molar-refractivity contribution in [2.45, 2.75) is 49.9 Å². The number of nitrogens with zero attached hydrogens (tertiary/aromatic N) is 3. The minimum Gasteiger partial charge on any atom is -0.355 e. The zero-order valence-corrected chi connectivity index (χ0v) is 14.4. The van der Waals surface area contributed by atoms with Crippen LogP contribution in [0.5, 0.6) is 0 Å². The number of fused-ring (bicyclic) bond motifs is 1. The fraction of sp³-hybridized carbons (Fsp3) is 0.600. The highest BCUT2D eigenvalue weighted by Crippen LogP contribution is 2.35. The topological polar surface area (TPSA) is 29.0 Å². The monoisotopic (exact) mass is 353 g/mol. The molecule has 1 aliphatic rings. The van der Waals surface area contributed by atoms with Gasteiger partial charge in [-0.3, -0.25) is 0 Å². The third-order valence-electron chi connectivity index (χ3n) is 4.19. The molecule has 0 spiro atoms. The number of aryl methyl sites for hydroxylation is 1. The summed E-state index contributed by atoms with van der Waals surface area (Å²) >= 11 is 5.64. The predicted molar refractivity (Wildman–Crippen MR) is 90.2 cm³/mol. The molecule has 1 aliphatic carbocycles. The molecule has 2 heterocycles. The molecule has 2 atom stereocenters. The normalized spacial score (nSPS) is 23.1. The van der Waals surface area contributed by atoms with Crippen molar-refractivity contribution in [1.29, 1.82) is 0 Å². The molecule has 2 aromatic rings. The molecule has 5 heteroatoms. The van der Waals surface area contributed by atoms with Crippen LogP contribution >= 0.6 is 27.3 Å². The van der Waals surface area contributed by atoms with Gasteiger partial charge in [-0.25, -0.2) is 9.97 Å². The quantitative estimate of drug-likeness (QED) is 0.766. The molecular weight excluding hydrogens is 334 g/mol. The van der Waals surface area contributed by atoms with Gasteiger partial charge in [-0.2, -0.15) is 0 Å². The van der Waals surface area contributed by atoms with E-state index in [-0.39, 0.29) is 0 Å². The maximum Gasteiger partial charge on any atom is 0.140 e. The molecule has 1 fully saturated rings. The number of halogens is 1. The molecule has 108 valence electrons. The van der Waals surface area contributed by atoms with Crippen molar-refractivity contribution in [1.82, 2.24) is 9.97 Å². The second kappa shape index (κ2) is 5.98. The van der Waals surface area contributed by atoms with Crippen molar-refractivity contribution in [3.05, 3.63) is 17.3 Å². The Labute approximate surface area is 132 Å². The second-order valence-corrected chi connectivity index (χ2v) is 7.75. The number of thiophene rings is 1. The summed E-state index contributed by atoms with van der Waals surface area (Å²) in [7, 11) is 2.18. The van der Waals surface area contributed by atoms with E-state index in [2.05, 4.69) is 50.8 Å². The smallest absolute Gasteiger partial charge is 0.140 e. The van der Waals surface area contributed by atoms with E-state index in [0.29, 0.717) is 10.9 Å². The molecule has 0 bridgehead atoms. The first-order valence-corrected chi connectivity index (χ1v) is 9.04. The van der Waals surface area contributed by atoms with Gasteiger partial charge in [0.05, 0.1) is 5.39 Å². The molecule has 0 N–H and O–H groups in total. The number of hydrogen-bond donors (Lipinski definition) is 0. The van der Waals surface area contributed by atoms with E-state index in [1.54, 1.807) is 17.7 Å². The van der Waals surface area contributed by atoms with Crippen molar-refractivity contribution >= 4 is 43.3 Å². The van der Waals surface area contributed by atoms with Gasteiger partial charge in [-0.15, -0.1) is 11.3 Å². The highest BCUT2D eigenvalue weighted by molar-refractivity contribution is 9.09. The summed E-state index contributed by atoms with van der Waals surface area (Å²) < 4.78 is 0. The first-order valence-electron chi connectivity index (χ1n) is 7.31. The second-order valence-electron chi connectivity index (χ2n) is 5.46. The minimum absolute atomic E-state index is 0.534. The number of hydrogen-bond acceptors (Lipinski definition) is 4. The van der Waals surface area contributed by atoms with Gasteiger partial charge in [0.2, 0.25) is 0 Å². The van der Waals surface area contributed by atoms with Gasteiger partial charge in [0.1, 0.15) is 17.0 Å². The Hall–Kier alpha value is -0.680. The first-order chi connectivity index (χ1) is 9.70. The lowest BCUT2D eigenvalue weighted by Gasteiger charge is -2.36. The fourth-order valence-electron chi connectivity index (χ4n) is 3.01. The standard InChI is InChI=1S/C15H20BrN3S/c1-3-10-8-11-14(17-9-18-15(11)20-10)19(2)13-7-5-4-6-12(13)16/h8-9,12-13H,3-7H2,1-2H3. The average Bonchev–Trinajstić information content (AvgIpc) is 2.90. The van der Waals surface area contributed by atoms with Crippen LogP contribution in [0.15, 0.2) is 12.4 Å². The number of aromatic nitrogens is 2. The molecule has 0 aliphatic heterocycles. The summed E-state index contributed by atoms with van der Waals surface area (Å²) in [5.41, 5.74) is 0. The lowest BCUT2D eigenvalue weighted by Crippen LogP contribution is -2.41. The summed E-state index contributed by atoms with van der Waals surface area (Å²) in [6.07, 6.45) is 7.91. The van der Waals surface area contributed by atoms with Gasteiger partial charge in [-0.1, -0.05) is 35.7 Å². The first kappa shape index (κ1) is 14.3. The van der Waals surface area contributed by atoms with Gasteiger partial charge >= 0.3 is 0 Å². The van der Waals surface area contributed by atoms with Crippen LogP contribution in [0.2, 0.25) is 0 Å². The molecule has 0 saturated heterocycles. The van der Waals surface area contributed by atoms with Crippen molar-refractivity contribution in [2.24, 2.45) is 0 Å². The largest absolute Gasteiger partial charge is 0.355 e. The highest BCUT2D eigenvalue weighted by atomic mass is 79.9. The van der Waals surface area contributed by atoms with E-state index < -0.39 is 0 Å². The summed E-state index contributed by atoms with van der Waals surface area (Å²) in [4.78, 5) is 14.4. The van der Waals surface area contributed by atoms with Crippen LogP contribution in [0.3, 0.4) is 0 Å². The highest BCUT2D eigenvalue weighted by Gasteiger charge is 2.28. The number of anilines is 1. The van der Waals surface area contributed by atoms with Gasteiger partial charge in [0.25, 0.3) is 0 Å². The van der Waals surface area contributed by atoms with Gasteiger partial charge in [0.15, 0.2) is 0 Å². The molecule has 3 rings (SSSR count). The van der Waals surface area contributed by atoms with E-state index in [0.717, 1.165) is 17.1 Å². The Bertz CT molecular complexity index is 598. The number of rotatable bonds is 3. The van der Waals surface area contributed by atoms with E-state index in [4.69, 9.17) is 0 Å². The van der Waals surface area contributed by atoms with E-state index in [9.17, 15) is 0 Å². The molecule has 2 unspecified atom stereocenters. The fourth-order valence-corrected chi connectivity index (χ4v) is 4.88. The lowest BCUT2D eigenvalue weighted by molar-refractivity contribution is 0.443.